The third kappa shape index (κ3) is 3.88. The minimum absolute atomic E-state index is 0.0377. The zero-order valence-corrected chi connectivity index (χ0v) is 14.1. The summed E-state index contributed by atoms with van der Waals surface area (Å²) < 4.78 is 6.44. The number of hydrogen-bond donors (Lipinski definition) is 2. The highest BCUT2D eigenvalue weighted by atomic mass is 79.9. The normalized spacial score (nSPS) is 17.5. The van der Waals surface area contributed by atoms with Crippen molar-refractivity contribution in [3.05, 3.63) is 49.5 Å². The van der Waals surface area contributed by atoms with Crippen LogP contribution < -0.4 is 16.0 Å². The Morgan fingerprint density at radius 1 is 1.29 bits per heavy atom. The van der Waals surface area contributed by atoms with Crippen LogP contribution in [0.25, 0.3) is 0 Å². The summed E-state index contributed by atoms with van der Waals surface area (Å²) in [6.07, 6.45) is 4.40. The van der Waals surface area contributed by atoms with E-state index in [-0.39, 0.29) is 17.8 Å². The lowest BCUT2D eigenvalue weighted by Gasteiger charge is -2.32. The van der Waals surface area contributed by atoms with E-state index >= 15 is 0 Å². The smallest absolute Gasteiger partial charge is 0.326 e. The molecule has 1 saturated heterocycles. The Hall–Kier alpha value is -2.49. The molecule has 1 atom stereocenters. The second kappa shape index (κ2) is 6.95. The summed E-state index contributed by atoms with van der Waals surface area (Å²) in [5, 5.41) is 0. The first-order chi connectivity index (χ1) is 11.5. The molecule has 1 aliphatic heterocycles. The number of carbonyl (C=O) groups excluding carboxylic acids is 1. The van der Waals surface area contributed by atoms with E-state index in [2.05, 4.69) is 30.9 Å². The molecule has 24 heavy (non-hydrogen) atoms. The molecule has 9 nitrogen and oxygen atoms in total. The van der Waals surface area contributed by atoms with Gasteiger partial charge in [0.25, 0.3) is 11.5 Å². The summed E-state index contributed by atoms with van der Waals surface area (Å²) in [6.45, 7) is 0.849. The Morgan fingerprint density at radius 3 is 2.75 bits per heavy atom. The van der Waals surface area contributed by atoms with Crippen molar-refractivity contribution < 1.29 is 9.53 Å². The van der Waals surface area contributed by atoms with Gasteiger partial charge in [-0.05, 0) is 28.8 Å². The van der Waals surface area contributed by atoms with Gasteiger partial charge in [0.2, 0.25) is 0 Å². The number of H-pyrrole nitrogens is 2. The van der Waals surface area contributed by atoms with Crippen molar-refractivity contribution in [2.24, 2.45) is 0 Å². The molecule has 3 heterocycles. The molecule has 0 aromatic carbocycles. The maximum atomic E-state index is 12.5. The van der Waals surface area contributed by atoms with Crippen molar-refractivity contribution in [2.45, 2.75) is 18.9 Å². The Morgan fingerprint density at radius 2 is 2.04 bits per heavy atom. The van der Waals surface area contributed by atoms with Crippen molar-refractivity contribution in [3.8, 4) is 6.01 Å². The lowest BCUT2D eigenvalue weighted by Crippen LogP contribution is -2.45. The molecule has 10 heteroatoms. The number of nitrogens with one attached hydrogen (secondary N) is 2. The molecule has 0 radical (unpaired) electrons. The molecule has 1 fully saturated rings. The van der Waals surface area contributed by atoms with Crippen LogP contribution in [0.5, 0.6) is 6.01 Å². The molecule has 0 bridgehead atoms. The number of aromatic nitrogens is 4. The molecule has 0 saturated carbocycles. The number of aromatic amines is 2. The number of amides is 1. The van der Waals surface area contributed by atoms with Crippen molar-refractivity contribution in [1.29, 1.82) is 0 Å². The van der Waals surface area contributed by atoms with Crippen LogP contribution >= 0.6 is 15.9 Å². The fourth-order valence-corrected chi connectivity index (χ4v) is 2.69. The third-order valence-electron chi connectivity index (χ3n) is 3.52. The van der Waals surface area contributed by atoms with Crippen molar-refractivity contribution in [2.75, 3.05) is 13.1 Å². The van der Waals surface area contributed by atoms with Crippen molar-refractivity contribution in [1.82, 2.24) is 24.8 Å². The van der Waals surface area contributed by atoms with Crippen LogP contribution in [0, 0.1) is 0 Å². The summed E-state index contributed by atoms with van der Waals surface area (Å²) in [6, 6.07) is 1.31. The highest BCUT2D eigenvalue weighted by molar-refractivity contribution is 9.10. The second-order valence-electron chi connectivity index (χ2n) is 5.32. The molecule has 3 rings (SSSR count). The van der Waals surface area contributed by atoms with E-state index in [1.165, 1.54) is 4.90 Å². The van der Waals surface area contributed by atoms with Crippen LogP contribution in [0.15, 0.2) is 32.5 Å². The maximum absolute atomic E-state index is 12.5. The van der Waals surface area contributed by atoms with Crippen LogP contribution in [0.3, 0.4) is 0 Å². The Kier molecular flexibility index (Phi) is 4.74. The number of halogens is 1. The van der Waals surface area contributed by atoms with Gasteiger partial charge in [-0.3, -0.25) is 14.6 Å². The first-order valence-electron chi connectivity index (χ1n) is 7.28. The largest absolute Gasteiger partial charge is 0.458 e. The Labute approximate surface area is 144 Å². The molecule has 2 aromatic rings. The molecule has 1 unspecified atom stereocenters. The van der Waals surface area contributed by atoms with Crippen LogP contribution in [0.4, 0.5) is 0 Å². The van der Waals surface area contributed by atoms with E-state index in [0.29, 0.717) is 13.1 Å². The molecular weight excluding hydrogens is 382 g/mol. The van der Waals surface area contributed by atoms with Gasteiger partial charge in [0.1, 0.15) is 11.8 Å². The molecule has 1 amide bonds. The molecule has 2 N–H and O–H groups in total. The number of ether oxygens (including phenoxy) is 1. The topological polar surface area (TPSA) is 121 Å². The average molecular weight is 396 g/mol. The van der Waals surface area contributed by atoms with E-state index in [9.17, 15) is 14.4 Å². The minimum Gasteiger partial charge on any atom is -0.458 e. The highest BCUT2D eigenvalue weighted by Gasteiger charge is 2.27. The Balaban J connectivity index is 1.70. The van der Waals surface area contributed by atoms with E-state index in [1.54, 1.807) is 12.4 Å². The van der Waals surface area contributed by atoms with Crippen LogP contribution in [-0.4, -0.2) is 49.9 Å². The number of likely N-dealkylation sites (tertiary alicyclic amines) is 1. The lowest BCUT2D eigenvalue weighted by atomic mass is 10.1. The quantitative estimate of drug-likeness (QED) is 0.770. The van der Waals surface area contributed by atoms with E-state index in [0.717, 1.165) is 23.4 Å². The zero-order chi connectivity index (χ0) is 17.1. The summed E-state index contributed by atoms with van der Waals surface area (Å²) in [7, 11) is 0. The monoisotopic (exact) mass is 395 g/mol. The average Bonchev–Trinajstić information content (AvgIpc) is 2.56. The zero-order valence-electron chi connectivity index (χ0n) is 12.5. The number of nitrogens with zero attached hydrogens (tertiary/aromatic N) is 3. The highest BCUT2D eigenvalue weighted by Crippen LogP contribution is 2.17. The van der Waals surface area contributed by atoms with E-state index in [1.807, 2.05) is 4.98 Å². The third-order valence-corrected chi connectivity index (χ3v) is 3.93. The fraction of sp³-hybridized carbons (Fsp3) is 0.357. The molecule has 126 valence electrons. The lowest BCUT2D eigenvalue weighted by molar-refractivity contribution is 0.0510. The van der Waals surface area contributed by atoms with Crippen LogP contribution in [0.1, 0.15) is 23.3 Å². The van der Waals surface area contributed by atoms with Crippen molar-refractivity contribution in [3.63, 3.8) is 0 Å². The second-order valence-corrected chi connectivity index (χ2v) is 6.23. The number of rotatable bonds is 3. The maximum Gasteiger partial charge on any atom is 0.326 e. The number of carbonyl (C=O) groups is 1. The molecule has 0 spiro atoms. The van der Waals surface area contributed by atoms with Crippen LogP contribution in [-0.2, 0) is 0 Å². The first-order valence-corrected chi connectivity index (χ1v) is 8.08. The van der Waals surface area contributed by atoms with E-state index in [4.69, 9.17) is 4.74 Å². The predicted molar refractivity (Wildman–Crippen MR) is 87.0 cm³/mol. The van der Waals surface area contributed by atoms with Gasteiger partial charge in [0, 0.05) is 25.0 Å². The summed E-state index contributed by atoms with van der Waals surface area (Å²) in [5.74, 6) is -0.414. The molecule has 0 aliphatic carbocycles. The minimum atomic E-state index is -0.709. The summed E-state index contributed by atoms with van der Waals surface area (Å²) >= 11 is 3.25. The summed E-state index contributed by atoms with van der Waals surface area (Å²) in [5.41, 5.74) is -1.36. The van der Waals surface area contributed by atoms with Gasteiger partial charge in [-0.15, -0.1) is 0 Å². The predicted octanol–water partition coefficient (Wildman–Crippen LogP) is 0.299. The Bertz CT molecular complexity index is 819. The molecule has 2 aromatic heterocycles. The van der Waals surface area contributed by atoms with Gasteiger partial charge in [-0.1, -0.05) is 0 Å². The van der Waals surface area contributed by atoms with Gasteiger partial charge in [-0.2, -0.15) is 0 Å². The van der Waals surface area contributed by atoms with Gasteiger partial charge < -0.3 is 14.6 Å². The van der Waals surface area contributed by atoms with Crippen molar-refractivity contribution >= 4 is 21.8 Å². The number of hydrogen-bond acceptors (Lipinski definition) is 6. The van der Waals surface area contributed by atoms with Crippen LogP contribution in [0.2, 0.25) is 0 Å². The van der Waals surface area contributed by atoms with E-state index < -0.39 is 17.2 Å². The SMILES string of the molecule is O=C(c1cc(=O)[nH]c(=O)[nH]1)N1CCCC(Oc2ncc(Br)cn2)C1. The number of piperidine rings is 1. The van der Waals surface area contributed by atoms with Gasteiger partial charge in [-0.25, -0.2) is 14.8 Å². The fourth-order valence-electron chi connectivity index (χ4n) is 2.48. The molecular formula is C14H14BrN5O4. The van der Waals surface area contributed by atoms with Gasteiger partial charge >= 0.3 is 11.7 Å². The van der Waals surface area contributed by atoms with Gasteiger partial charge in [0.05, 0.1) is 11.0 Å². The standard InChI is InChI=1S/C14H14BrN5O4/c15-8-5-16-14(17-6-8)24-9-2-1-3-20(7-9)12(22)10-4-11(21)19-13(23)18-10/h4-6,9H,1-3,7H2,(H2,18,19,21,23). The van der Waals surface area contributed by atoms with Gasteiger partial charge in [0.15, 0.2) is 0 Å². The first kappa shape index (κ1) is 16.4. The summed E-state index contributed by atoms with van der Waals surface area (Å²) in [4.78, 5) is 49.1. The molecule has 1 aliphatic rings.